The molecule has 0 saturated carbocycles. The van der Waals surface area contributed by atoms with E-state index in [1.165, 1.54) is 13.2 Å². The van der Waals surface area contributed by atoms with Gasteiger partial charge in [-0.15, -0.1) is 0 Å². The number of rotatable bonds is 6. The Hall–Kier alpha value is -3.84. The molecule has 2 atom stereocenters. The van der Waals surface area contributed by atoms with E-state index in [9.17, 15) is 9.18 Å². The van der Waals surface area contributed by atoms with E-state index in [1.54, 1.807) is 25.3 Å². The zero-order chi connectivity index (χ0) is 23.7. The second-order valence-electron chi connectivity index (χ2n) is 8.23. The Bertz CT molecular complexity index is 1350. The number of aromatic nitrogens is 1. The zero-order valence-corrected chi connectivity index (χ0v) is 18.9. The Kier molecular flexibility index (Phi) is 5.94. The van der Waals surface area contributed by atoms with Crippen LogP contribution in [0, 0.1) is 5.82 Å². The van der Waals surface area contributed by atoms with Crippen molar-refractivity contribution in [3.63, 3.8) is 0 Å². The Morgan fingerprint density at radius 2 is 1.82 bits per heavy atom. The first kappa shape index (κ1) is 22.0. The Morgan fingerprint density at radius 1 is 1.03 bits per heavy atom. The summed E-state index contributed by atoms with van der Waals surface area (Å²) in [7, 11) is 2.98. The quantitative estimate of drug-likeness (QED) is 0.409. The first-order chi connectivity index (χ1) is 16.6. The molecular formula is C27H25FN2O4. The average Bonchev–Trinajstić information content (AvgIpc) is 3.25. The fraction of sp³-hybridized carbons (Fsp3) is 0.222. The molecule has 7 heteroatoms. The second-order valence-corrected chi connectivity index (χ2v) is 8.23. The summed E-state index contributed by atoms with van der Waals surface area (Å²) in [5, 5.41) is 4.53. The Morgan fingerprint density at radius 3 is 2.62 bits per heavy atom. The van der Waals surface area contributed by atoms with Gasteiger partial charge in [0, 0.05) is 28.6 Å². The van der Waals surface area contributed by atoms with E-state index < -0.39 is 11.9 Å². The number of H-pyrrole nitrogens is 1. The fourth-order valence-electron chi connectivity index (χ4n) is 4.60. The van der Waals surface area contributed by atoms with Gasteiger partial charge in [-0.2, -0.15) is 0 Å². The molecule has 1 aliphatic rings. The summed E-state index contributed by atoms with van der Waals surface area (Å²) in [6.07, 6.45) is 0.530. The lowest BCUT2D eigenvalue weighted by atomic mass is 9.89. The molecule has 4 aromatic rings. The molecule has 5 rings (SSSR count). The number of fused-ring (bicyclic) bond motifs is 3. The predicted molar refractivity (Wildman–Crippen MR) is 127 cm³/mol. The maximum atomic E-state index is 14.0. The molecule has 2 unspecified atom stereocenters. The van der Waals surface area contributed by atoms with Gasteiger partial charge in [0.15, 0.2) is 11.6 Å². The second kappa shape index (κ2) is 9.19. The highest BCUT2D eigenvalue weighted by Crippen LogP contribution is 2.37. The third kappa shape index (κ3) is 3.99. The molecule has 6 nitrogen and oxygen atoms in total. The molecule has 1 aromatic heterocycles. The lowest BCUT2D eigenvalue weighted by Gasteiger charge is -2.30. The molecule has 174 valence electrons. The van der Waals surface area contributed by atoms with E-state index in [0.717, 1.165) is 33.3 Å². The van der Waals surface area contributed by atoms with Crippen LogP contribution in [0.2, 0.25) is 0 Å². The topological polar surface area (TPSA) is 72.6 Å². The minimum absolute atomic E-state index is 0.130. The van der Waals surface area contributed by atoms with Crippen LogP contribution in [-0.2, 0) is 22.6 Å². The van der Waals surface area contributed by atoms with Crippen LogP contribution in [0.25, 0.3) is 10.9 Å². The minimum atomic E-state index is -0.484. The van der Waals surface area contributed by atoms with Gasteiger partial charge in [0.25, 0.3) is 0 Å². The van der Waals surface area contributed by atoms with Gasteiger partial charge < -0.3 is 19.2 Å². The van der Waals surface area contributed by atoms with E-state index >= 15 is 0 Å². The number of ether oxygens (including phenoxy) is 3. The van der Waals surface area contributed by atoms with Crippen molar-refractivity contribution in [3.8, 4) is 11.5 Å². The summed E-state index contributed by atoms with van der Waals surface area (Å²) in [6.45, 7) is 0.130. The molecule has 0 saturated heterocycles. The van der Waals surface area contributed by atoms with Gasteiger partial charge in [0.1, 0.15) is 18.4 Å². The molecule has 1 aliphatic heterocycles. The zero-order valence-electron chi connectivity index (χ0n) is 18.9. The number of carbonyl (C=O) groups excluding carboxylic acids is 1. The van der Waals surface area contributed by atoms with Crippen molar-refractivity contribution < 1.29 is 23.4 Å². The summed E-state index contributed by atoms with van der Waals surface area (Å²) >= 11 is 0. The standard InChI is InChI=1S/C27H25FN2O4/c1-32-23-12-11-16(13-17(23)15-34-24-10-6-4-8-20(24)28)25-26-19(14-22(30-25)27(31)33-2)18-7-3-5-9-21(18)29-26/h3-13,22,25,29-30H,14-15H2,1-2H3. The summed E-state index contributed by atoms with van der Waals surface area (Å²) in [5.41, 5.74) is 4.81. The average molecular weight is 461 g/mol. The van der Waals surface area contributed by atoms with Crippen molar-refractivity contribution in [1.29, 1.82) is 0 Å². The Labute approximate surface area is 196 Å². The lowest BCUT2D eigenvalue weighted by Crippen LogP contribution is -2.45. The summed E-state index contributed by atoms with van der Waals surface area (Å²) in [5.74, 6) is 0.0828. The molecular weight excluding hydrogens is 435 g/mol. The van der Waals surface area contributed by atoms with Crippen LogP contribution in [0.1, 0.15) is 28.4 Å². The summed E-state index contributed by atoms with van der Waals surface area (Å²) in [6, 6.07) is 19.4. The van der Waals surface area contributed by atoms with Crippen molar-refractivity contribution in [1.82, 2.24) is 10.3 Å². The summed E-state index contributed by atoms with van der Waals surface area (Å²) < 4.78 is 30.4. The largest absolute Gasteiger partial charge is 0.496 e. The number of carbonyl (C=O) groups is 1. The van der Waals surface area contributed by atoms with Crippen molar-refractivity contribution in [2.24, 2.45) is 0 Å². The van der Waals surface area contributed by atoms with E-state index in [2.05, 4.69) is 16.4 Å². The smallest absolute Gasteiger partial charge is 0.323 e. The van der Waals surface area contributed by atoms with E-state index in [1.807, 2.05) is 36.4 Å². The molecule has 34 heavy (non-hydrogen) atoms. The van der Waals surface area contributed by atoms with Crippen LogP contribution >= 0.6 is 0 Å². The van der Waals surface area contributed by atoms with Crippen LogP contribution < -0.4 is 14.8 Å². The van der Waals surface area contributed by atoms with Crippen molar-refractivity contribution in [2.75, 3.05) is 14.2 Å². The van der Waals surface area contributed by atoms with Crippen molar-refractivity contribution >= 4 is 16.9 Å². The third-order valence-corrected chi connectivity index (χ3v) is 6.25. The number of nitrogens with one attached hydrogen (secondary N) is 2. The fourth-order valence-corrected chi connectivity index (χ4v) is 4.60. The molecule has 0 amide bonds. The molecule has 3 aromatic carbocycles. The highest BCUT2D eigenvalue weighted by Gasteiger charge is 2.34. The van der Waals surface area contributed by atoms with Gasteiger partial charge in [0.05, 0.1) is 20.3 Å². The highest BCUT2D eigenvalue weighted by molar-refractivity contribution is 5.87. The number of aromatic amines is 1. The van der Waals surface area contributed by atoms with E-state index in [0.29, 0.717) is 12.2 Å². The molecule has 2 heterocycles. The van der Waals surface area contributed by atoms with Crippen LogP contribution in [0.15, 0.2) is 66.7 Å². The van der Waals surface area contributed by atoms with Gasteiger partial charge >= 0.3 is 5.97 Å². The maximum Gasteiger partial charge on any atom is 0.323 e. The van der Waals surface area contributed by atoms with E-state index in [4.69, 9.17) is 14.2 Å². The SMILES string of the molecule is COC(=O)C1Cc2c([nH]c3ccccc23)C(c2ccc(OC)c(COc3ccccc3F)c2)N1. The molecule has 0 spiro atoms. The number of hydrogen-bond donors (Lipinski definition) is 2. The first-order valence-electron chi connectivity index (χ1n) is 11.1. The monoisotopic (exact) mass is 460 g/mol. The van der Waals surface area contributed by atoms with Gasteiger partial charge in [-0.05, 0) is 41.5 Å². The first-order valence-corrected chi connectivity index (χ1v) is 11.1. The van der Waals surface area contributed by atoms with E-state index in [-0.39, 0.29) is 24.4 Å². The van der Waals surface area contributed by atoms with Crippen LogP contribution in [0.4, 0.5) is 4.39 Å². The Balaban J connectivity index is 1.54. The summed E-state index contributed by atoms with van der Waals surface area (Å²) in [4.78, 5) is 16.0. The molecule has 0 radical (unpaired) electrons. The normalized spacial score (nSPS) is 17.3. The molecule has 0 bridgehead atoms. The minimum Gasteiger partial charge on any atom is -0.496 e. The van der Waals surface area contributed by atoms with Crippen LogP contribution in [0.5, 0.6) is 11.5 Å². The number of esters is 1. The van der Waals surface area contributed by atoms with Gasteiger partial charge in [-0.25, -0.2) is 4.39 Å². The molecule has 0 fully saturated rings. The lowest BCUT2D eigenvalue weighted by molar-refractivity contribution is -0.143. The number of para-hydroxylation sites is 2. The third-order valence-electron chi connectivity index (χ3n) is 6.25. The number of halogens is 1. The highest BCUT2D eigenvalue weighted by atomic mass is 19.1. The van der Waals surface area contributed by atoms with Crippen molar-refractivity contribution in [3.05, 3.63) is 94.9 Å². The number of benzene rings is 3. The predicted octanol–water partition coefficient (Wildman–Crippen LogP) is 4.67. The maximum absolute atomic E-state index is 14.0. The van der Waals surface area contributed by atoms with Crippen LogP contribution in [0.3, 0.4) is 0 Å². The molecule has 0 aliphatic carbocycles. The number of methoxy groups -OCH3 is 2. The number of hydrogen-bond acceptors (Lipinski definition) is 5. The van der Waals surface area contributed by atoms with Crippen molar-refractivity contribution in [2.45, 2.75) is 25.1 Å². The molecule has 2 N–H and O–H groups in total. The van der Waals surface area contributed by atoms with Gasteiger partial charge in [0.2, 0.25) is 0 Å². The van der Waals surface area contributed by atoms with Crippen LogP contribution in [-0.4, -0.2) is 31.2 Å². The van der Waals surface area contributed by atoms with Gasteiger partial charge in [-0.1, -0.05) is 36.4 Å². The van der Waals surface area contributed by atoms with Gasteiger partial charge in [-0.3, -0.25) is 10.1 Å².